The molecule has 0 aliphatic heterocycles. The van der Waals surface area contributed by atoms with Crippen LogP contribution in [0.1, 0.15) is 17.7 Å². The molecule has 1 aromatic heterocycles. The SMILES string of the molecule is COC(=O)[C@H]1CCc2oncc2C1. The number of methoxy groups -OCH3 is 1. The average Bonchev–Trinajstić information content (AvgIpc) is 2.63. The normalized spacial score (nSPS) is 20.8. The molecule has 0 bridgehead atoms. The Kier molecular flexibility index (Phi) is 2.04. The Balaban J connectivity index is 2.13. The van der Waals surface area contributed by atoms with Crippen LogP contribution in [-0.2, 0) is 22.4 Å². The third-order valence-corrected chi connectivity index (χ3v) is 2.45. The summed E-state index contributed by atoms with van der Waals surface area (Å²) in [5.74, 6) is 0.768. The summed E-state index contributed by atoms with van der Waals surface area (Å²) < 4.78 is 9.71. The molecule has 0 saturated carbocycles. The highest BCUT2D eigenvalue weighted by molar-refractivity contribution is 5.73. The van der Waals surface area contributed by atoms with Gasteiger partial charge >= 0.3 is 5.97 Å². The highest BCUT2D eigenvalue weighted by Gasteiger charge is 2.27. The van der Waals surface area contributed by atoms with Crippen molar-refractivity contribution in [1.82, 2.24) is 5.16 Å². The van der Waals surface area contributed by atoms with Gasteiger partial charge in [-0.05, 0) is 12.8 Å². The van der Waals surface area contributed by atoms with Crippen molar-refractivity contribution in [3.63, 3.8) is 0 Å². The summed E-state index contributed by atoms with van der Waals surface area (Å²) in [7, 11) is 1.42. The maximum absolute atomic E-state index is 11.2. The Hall–Kier alpha value is -1.32. The summed E-state index contributed by atoms with van der Waals surface area (Å²) >= 11 is 0. The fraction of sp³-hybridized carbons (Fsp3) is 0.556. The zero-order chi connectivity index (χ0) is 9.26. The summed E-state index contributed by atoms with van der Waals surface area (Å²) in [5, 5.41) is 3.70. The number of nitrogens with zero attached hydrogens (tertiary/aromatic N) is 1. The van der Waals surface area contributed by atoms with E-state index in [9.17, 15) is 4.79 Å². The number of carbonyl (C=O) groups is 1. The summed E-state index contributed by atoms with van der Waals surface area (Å²) in [4.78, 5) is 11.2. The predicted molar refractivity (Wildman–Crippen MR) is 44.0 cm³/mol. The number of carbonyl (C=O) groups excluding carboxylic acids is 1. The Labute approximate surface area is 75.9 Å². The molecule has 13 heavy (non-hydrogen) atoms. The first kappa shape index (κ1) is 8.29. The number of esters is 1. The van der Waals surface area contributed by atoms with Gasteiger partial charge in [0.05, 0.1) is 19.2 Å². The fourth-order valence-electron chi connectivity index (χ4n) is 1.70. The van der Waals surface area contributed by atoms with Gasteiger partial charge in [0, 0.05) is 12.0 Å². The highest BCUT2D eigenvalue weighted by Crippen LogP contribution is 2.25. The molecule has 1 aliphatic rings. The number of aryl methyl sites for hydroxylation is 1. The fourth-order valence-corrected chi connectivity index (χ4v) is 1.70. The van der Waals surface area contributed by atoms with Crippen LogP contribution in [0.4, 0.5) is 0 Å². The minimum atomic E-state index is -0.133. The molecule has 1 heterocycles. The van der Waals surface area contributed by atoms with Gasteiger partial charge < -0.3 is 9.26 Å². The van der Waals surface area contributed by atoms with Gasteiger partial charge in [-0.3, -0.25) is 4.79 Å². The number of fused-ring (bicyclic) bond motifs is 1. The number of ether oxygens (including phenoxy) is 1. The van der Waals surface area contributed by atoms with Crippen LogP contribution in [0, 0.1) is 5.92 Å². The van der Waals surface area contributed by atoms with Gasteiger partial charge in [0.25, 0.3) is 0 Å². The molecule has 2 rings (SSSR count). The second-order valence-corrected chi connectivity index (χ2v) is 3.24. The minimum absolute atomic E-state index is 0.0168. The van der Waals surface area contributed by atoms with Gasteiger partial charge in [-0.2, -0.15) is 0 Å². The molecule has 0 amide bonds. The molecular formula is C9H11NO3. The first-order chi connectivity index (χ1) is 6.31. The van der Waals surface area contributed by atoms with Gasteiger partial charge in [-0.15, -0.1) is 0 Å². The van der Waals surface area contributed by atoms with E-state index in [1.54, 1.807) is 6.20 Å². The Bertz CT molecular complexity index is 318. The molecule has 0 fully saturated rings. The molecule has 0 unspecified atom stereocenters. The Morgan fingerprint density at radius 1 is 1.77 bits per heavy atom. The van der Waals surface area contributed by atoms with Gasteiger partial charge in [0.2, 0.25) is 0 Å². The van der Waals surface area contributed by atoms with Crippen molar-refractivity contribution in [1.29, 1.82) is 0 Å². The van der Waals surface area contributed by atoms with E-state index >= 15 is 0 Å². The van der Waals surface area contributed by atoms with E-state index in [0.717, 1.165) is 24.2 Å². The maximum atomic E-state index is 11.2. The molecule has 0 radical (unpaired) electrons. The lowest BCUT2D eigenvalue weighted by Crippen LogP contribution is -2.22. The average molecular weight is 181 g/mol. The van der Waals surface area contributed by atoms with Crippen molar-refractivity contribution in [3.8, 4) is 0 Å². The zero-order valence-corrected chi connectivity index (χ0v) is 7.45. The monoisotopic (exact) mass is 181 g/mol. The van der Waals surface area contributed by atoms with Crippen LogP contribution in [0.25, 0.3) is 0 Å². The van der Waals surface area contributed by atoms with Crippen LogP contribution in [0.5, 0.6) is 0 Å². The molecule has 1 aromatic rings. The molecule has 4 nitrogen and oxygen atoms in total. The van der Waals surface area contributed by atoms with Crippen LogP contribution < -0.4 is 0 Å². The van der Waals surface area contributed by atoms with Crippen molar-refractivity contribution < 1.29 is 14.1 Å². The van der Waals surface area contributed by atoms with E-state index in [-0.39, 0.29) is 11.9 Å². The predicted octanol–water partition coefficient (Wildman–Crippen LogP) is 0.953. The van der Waals surface area contributed by atoms with Crippen molar-refractivity contribution in [2.75, 3.05) is 7.11 Å². The summed E-state index contributed by atoms with van der Waals surface area (Å²) in [6.45, 7) is 0. The van der Waals surface area contributed by atoms with E-state index in [2.05, 4.69) is 5.16 Å². The molecule has 0 saturated heterocycles. The van der Waals surface area contributed by atoms with Crippen LogP contribution in [-0.4, -0.2) is 18.2 Å². The zero-order valence-electron chi connectivity index (χ0n) is 7.45. The van der Waals surface area contributed by atoms with E-state index in [1.165, 1.54) is 7.11 Å². The second-order valence-electron chi connectivity index (χ2n) is 3.24. The lowest BCUT2D eigenvalue weighted by Gasteiger charge is -2.17. The molecule has 4 heteroatoms. The molecule has 1 aliphatic carbocycles. The van der Waals surface area contributed by atoms with E-state index in [0.29, 0.717) is 6.42 Å². The highest BCUT2D eigenvalue weighted by atomic mass is 16.5. The molecule has 1 atom stereocenters. The maximum Gasteiger partial charge on any atom is 0.309 e. The third-order valence-electron chi connectivity index (χ3n) is 2.45. The Morgan fingerprint density at radius 3 is 3.38 bits per heavy atom. The Morgan fingerprint density at radius 2 is 2.62 bits per heavy atom. The third kappa shape index (κ3) is 1.43. The molecule has 70 valence electrons. The molecule has 0 aromatic carbocycles. The number of rotatable bonds is 1. The van der Waals surface area contributed by atoms with Gasteiger partial charge in [0.15, 0.2) is 0 Å². The van der Waals surface area contributed by atoms with Crippen molar-refractivity contribution in [2.24, 2.45) is 5.92 Å². The summed E-state index contributed by atoms with van der Waals surface area (Å²) in [6.07, 6.45) is 3.97. The van der Waals surface area contributed by atoms with Crippen molar-refractivity contribution in [3.05, 3.63) is 17.5 Å². The largest absolute Gasteiger partial charge is 0.469 e. The van der Waals surface area contributed by atoms with Gasteiger partial charge in [-0.1, -0.05) is 5.16 Å². The first-order valence-electron chi connectivity index (χ1n) is 4.31. The lowest BCUT2D eigenvalue weighted by molar-refractivity contribution is -0.145. The lowest BCUT2D eigenvalue weighted by atomic mass is 9.88. The van der Waals surface area contributed by atoms with Crippen molar-refractivity contribution in [2.45, 2.75) is 19.3 Å². The summed E-state index contributed by atoms with van der Waals surface area (Å²) in [5.41, 5.74) is 1.04. The molecular weight excluding hydrogens is 170 g/mol. The molecule has 0 N–H and O–H groups in total. The van der Waals surface area contributed by atoms with Crippen LogP contribution in [0.2, 0.25) is 0 Å². The standard InChI is InChI=1S/C9H11NO3/c1-12-9(11)6-2-3-8-7(4-6)5-10-13-8/h5-6H,2-4H2,1H3/t6-/m0/s1. The number of hydrogen-bond donors (Lipinski definition) is 0. The molecule has 0 spiro atoms. The summed E-state index contributed by atoms with van der Waals surface area (Å²) in [6, 6.07) is 0. The van der Waals surface area contributed by atoms with Crippen LogP contribution in [0.3, 0.4) is 0 Å². The topological polar surface area (TPSA) is 52.3 Å². The second kappa shape index (κ2) is 3.20. The van der Waals surface area contributed by atoms with Crippen molar-refractivity contribution >= 4 is 5.97 Å². The van der Waals surface area contributed by atoms with E-state index in [4.69, 9.17) is 9.26 Å². The van der Waals surface area contributed by atoms with E-state index < -0.39 is 0 Å². The smallest absolute Gasteiger partial charge is 0.309 e. The first-order valence-corrected chi connectivity index (χ1v) is 4.31. The van der Waals surface area contributed by atoms with E-state index in [1.807, 2.05) is 0 Å². The minimum Gasteiger partial charge on any atom is -0.469 e. The van der Waals surface area contributed by atoms with Crippen LogP contribution in [0.15, 0.2) is 10.7 Å². The quantitative estimate of drug-likeness (QED) is 0.605. The number of hydrogen-bond acceptors (Lipinski definition) is 4. The van der Waals surface area contributed by atoms with Gasteiger partial charge in [0.1, 0.15) is 5.76 Å². The van der Waals surface area contributed by atoms with Crippen LogP contribution >= 0.6 is 0 Å². The number of aromatic nitrogens is 1. The van der Waals surface area contributed by atoms with Gasteiger partial charge in [-0.25, -0.2) is 0 Å².